The molecule has 0 aliphatic heterocycles. The van der Waals surface area contributed by atoms with Crippen LogP contribution in [0.4, 0.5) is 0 Å². The number of nitrogens with one attached hydrogen (secondary N) is 1. The molecular formula is C15H24ClNO. The zero-order valence-corrected chi connectivity index (χ0v) is 12.3. The molecule has 1 unspecified atom stereocenters. The van der Waals surface area contributed by atoms with Gasteiger partial charge in [0.15, 0.2) is 0 Å². The fourth-order valence-corrected chi connectivity index (χ4v) is 2.33. The van der Waals surface area contributed by atoms with Gasteiger partial charge in [-0.2, -0.15) is 0 Å². The quantitative estimate of drug-likeness (QED) is 0.602. The summed E-state index contributed by atoms with van der Waals surface area (Å²) in [6.45, 7) is 8.95. The molecule has 0 aromatic heterocycles. The predicted octanol–water partition coefficient (Wildman–Crippen LogP) is 3.70. The van der Waals surface area contributed by atoms with Gasteiger partial charge in [-0.3, -0.25) is 0 Å². The first-order valence-electron chi connectivity index (χ1n) is 6.50. The number of hydrogen-bond acceptors (Lipinski definition) is 2. The van der Waals surface area contributed by atoms with Crippen LogP contribution in [0.2, 0.25) is 0 Å². The Morgan fingerprint density at radius 2 is 1.89 bits per heavy atom. The second kappa shape index (κ2) is 7.65. The SMILES string of the molecule is CC(C)(C)CC(Cl)CNCCOc1ccccc1. The second-order valence-electron chi connectivity index (χ2n) is 5.73. The molecule has 1 rings (SSSR count). The van der Waals surface area contributed by atoms with Crippen LogP contribution in [0.25, 0.3) is 0 Å². The van der Waals surface area contributed by atoms with E-state index < -0.39 is 0 Å². The molecule has 102 valence electrons. The Hall–Kier alpha value is -0.730. The van der Waals surface area contributed by atoms with Crippen LogP contribution >= 0.6 is 11.6 Å². The summed E-state index contributed by atoms with van der Waals surface area (Å²) >= 11 is 6.26. The lowest BCUT2D eigenvalue weighted by atomic mass is 9.90. The smallest absolute Gasteiger partial charge is 0.119 e. The Labute approximate surface area is 116 Å². The van der Waals surface area contributed by atoms with Crippen LogP contribution in [0.5, 0.6) is 5.75 Å². The Balaban J connectivity index is 2.05. The van der Waals surface area contributed by atoms with Crippen molar-refractivity contribution >= 4 is 11.6 Å². The van der Waals surface area contributed by atoms with E-state index in [1.165, 1.54) is 0 Å². The van der Waals surface area contributed by atoms with E-state index in [0.29, 0.717) is 6.61 Å². The third-order valence-corrected chi connectivity index (χ3v) is 2.80. The molecule has 0 saturated carbocycles. The van der Waals surface area contributed by atoms with Crippen LogP contribution in [0.3, 0.4) is 0 Å². The van der Waals surface area contributed by atoms with Crippen molar-refractivity contribution in [2.75, 3.05) is 19.7 Å². The summed E-state index contributed by atoms with van der Waals surface area (Å²) in [6.07, 6.45) is 1.01. The number of hydrogen-bond donors (Lipinski definition) is 1. The minimum Gasteiger partial charge on any atom is -0.492 e. The van der Waals surface area contributed by atoms with Crippen LogP contribution in [-0.2, 0) is 0 Å². The summed E-state index contributed by atoms with van der Waals surface area (Å²) in [6, 6.07) is 9.85. The van der Waals surface area contributed by atoms with Gasteiger partial charge in [-0.25, -0.2) is 0 Å². The topological polar surface area (TPSA) is 21.3 Å². The van der Waals surface area contributed by atoms with Gasteiger partial charge in [-0.1, -0.05) is 39.0 Å². The summed E-state index contributed by atoms with van der Waals surface area (Å²) in [4.78, 5) is 0. The van der Waals surface area contributed by atoms with Crippen LogP contribution in [0, 0.1) is 5.41 Å². The largest absolute Gasteiger partial charge is 0.492 e. The number of ether oxygens (including phenoxy) is 1. The molecule has 1 N–H and O–H groups in total. The van der Waals surface area contributed by atoms with Crippen LogP contribution in [0.1, 0.15) is 27.2 Å². The van der Waals surface area contributed by atoms with Crippen molar-refractivity contribution in [2.45, 2.75) is 32.6 Å². The van der Waals surface area contributed by atoms with Crippen molar-refractivity contribution in [2.24, 2.45) is 5.41 Å². The van der Waals surface area contributed by atoms with Crippen molar-refractivity contribution in [3.63, 3.8) is 0 Å². The Morgan fingerprint density at radius 1 is 1.22 bits per heavy atom. The molecule has 0 fully saturated rings. The van der Waals surface area contributed by atoms with E-state index in [9.17, 15) is 0 Å². The fraction of sp³-hybridized carbons (Fsp3) is 0.600. The first-order valence-corrected chi connectivity index (χ1v) is 6.94. The Bertz CT molecular complexity index is 321. The van der Waals surface area contributed by atoms with E-state index in [4.69, 9.17) is 16.3 Å². The maximum Gasteiger partial charge on any atom is 0.119 e. The summed E-state index contributed by atoms with van der Waals surface area (Å²) in [5.74, 6) is 0.913. The van der Waals surface area contributed by atoms with E-state index >= 15 is 0 Å². The average molecular weight is 270 g/mol. The maximum atomic E-state index is 6.26. The molecule has 1 atom stereocenters. The molecule has 0 radical (unpaired) electrons. The fourth-order valence-electron chi connectivity index (χ4n) is 1.75. The molecule has 0 aliphatic carbocycles. The number of rotatable bonds is 7. The maximum absolute atomic E-state index is 6.26. The van der Waals surface area contributed by atoms with Gasteiger partial charge in [-0.05, 0) is 24.0 Å². The Morgan fingerprint density at radius 3 is 2.50 bits per heavy atom. The Kier molecular flexibility index (Phi) is 6.51. The minimum atomic E-state index is 0.182. The predicted molar refractivity (Wildman–Crippen MR) is 78.5 cm³/mol. The summed E-state index contributed by atoms with van der Waals surface area (Å²) in [5, 5.41) is 3.50. The first kappa shape index (κ1) is 15.3. The highest BCUT2D eigenvalue weighted by Gasteiger charge is 2.16. The molecule has 0 heterocycles. The van der Waals surface area contributed by atoms with Gasteiger partial charge in [0.2, 0.25) is 0 Å². The van der Waals surface area contributed by atoms with Gasteiger partial charge in [0.1, 0.15) is 12.4 Å². The van der Waals surface area contributed by atoms with E-state index in [1.54, 1.807) is 0 Å². The highest BCUT2D eigenvalue weighted by atomic mass is 35.5. The van der Waals surface area contributed by atoms with Crippen LogP contribution in [0.15, 0.2) is 30.3 Å². The molecule has 18 heavy (non-hydrogen) atoms. The zero-order valence-electron chi connectivity index (χ0n) is 11.6. The molecule has 2 nitrogen and oxygen atoms in total. The summed E-state index contributed by atoms with van der Waals surface area (Å²) < 4.78 is 5.58. The highest BCUT2D eigenvalue weighted by Crippen LogP contribution is 2.23. The number of halogens is 1. The third kappa shape index (κ3) is 7.57. The molecule has 0 spiro atoms. The lowest BCUT2D eigenvalue weighted by molar-refractivity contribution is 0.309. The molecule has 0 saturated heterocycles. The molecule has 1 aromatic carbocycles. The summed E-state index contributed by atoms with van der Waals surface area (Å²) in [5.41, 5.74) is 0.286. The third-order valence-electron chi connectivity index (χ3n) is 2.49. The molecular weight excluding hydrogens is 246 g/mol. The minimum absolute atomic E-state index is 0.182. The lowest BCUT2D eigenvalue weighted by Crippen LogP contribution is -2.29. The van der Waals surface area contributed by atoms with Gasteiger partial charge in [0.05, 0.1) is 0 Å². The molecule has 1 aromatic rings. The summed E-state index contributed by atoms with van der Waals surface area (Å²) in [7, 11) is 0. The first-order chi connectivity index (χ1) is 8.47. The van der Waals surface area contributed by atoms with Gasteiger partial charge in [0, 0.05) is 18.5 Å². The van der Waals surface area contributed by atoms with Crippen molar-refractivity contribution in [3.05, 3.63) is 30.3 Å². The lowest BCUT2D eigenvalue weighted by Gasteiger charge is -2.22. The van der Waals surface area contributed by atoms with E-state index in [0.717, 1.165) is 25.3 Å². The van der Waals surface area contributed by atoms with Crippen molar-refractivity contribution in [3.8, 4) is 5.75 Å². The second-order valence-corrected chi connectivity index (χ2v) is 6.34. The van der Waals surface area contributed by atoms with Gasteiger partial charge in [-0.15, -0.1) is 11.6 Å². The number of alkyl halides is 1. The highest BCUT2D eigenvalue weighted by molar-refractivity contribution is 6.20. The van der Waals surface area contributed by atoms with Crippen LogP contribution < -0.4 is 10.1 Å². The van der Waals surface area contributed by atoms with Crippen molar-refractivity contribution in [1.29, 1.82) is 0 Å². The van der Waals surface area contributed by atoms with Crippen molar-refractivity contribution < 1.29 is 4.74 Å². The normalized spacial score (nSPS) is 13.3. The van der Waals surface area contributed by atoms with Gasteiger partial charge >= 0.3 is 0 Å². The molecule has 3 heteroatoms. The molecule has 0 amide bonds. The van der Waals surface area contributed by atoms with Gasteiger partial charge in [0.25, 0.3) is 0 Å². The number of para-hydroxylation sites is 1. The number of benzene rings is 1. The zero-order chi connectivity index (χ0) is 13.4. The van der Waals surface area contributed by atoms with E-state index in [-0.39, 0.29) is 10.8 Å². The average Bonchev–Trinajstić information content (AvgIpc) is 2.27. The van der Waals surface area contributed by atoms with E-state index in [2.05, 4.69) is 26.1 Å². The standard InChI is InChI=1S/C15H24ClNO/c1-15(2,3)11-13(16)12-17-9-10-18-14-7-5-4-6-8-14/h4-8,13,17H,9-12H2,1-3H3. The van der Waals surface area contributed by atoms with Gasteiger partial charge < -0.3 is 10.1 Å². The van der Waals surface area contributed by atoms with E-state index in [1.807, 2.05) is 30.3 Å². The van der Waals surface area contributed by atoms with Crippen LogP contribution in [-0.4, -0.2) is 25.1 Å². The monoisotopic (exact) mass is 269 g/mol. The molecule has 0 bridgehead atoms. The van der Waals surface area contributed by atoms with Crippen molar-refractivity contribution in [1.82, 2.24) is 5.32 Å². The molecule has 0 aliphatic rings.